The Morgan fingerprint density at radius 2 is 1.91 bits per heavy atom. The van der Waals surface area contributed by atoms with E-state index >= 15 is 0 Å². The molecule has 1 amide bonds. The van der Waals surface area contributed by atoms with E-state index in [9.17, 15) is 4.79 Å². The number of benzene rings is 2. The summed E-state index contributed by atoms with van der Waals surface area (Å²) in [6.07, 6.45) is 0. The molecule has 0 aliphatic rings. The van der Waals surface area contributed by atoms with Crippen LogP contribution in [-0.2, 0) is 4.79 Å². The minimum atomic E-state index is -0.400. The predicted octanol–water partition coefficient (Wildman–Crippen LogP) is 3.11. The summed E-state index contributed by atoms with van der Waals surface area (Å²) in [5.74, 6) is 0.279. The molecule has 0 fully saturated rings. The van der Waals surface area contributed by atoms with Crippen LogP contribution in [-0.4, -0.2) is 25.6 Å². The number of primary amides is 1. The number of halogens is 2. The second-order valence-electron chi connectivity index (χ2n) is 4.61. The van der Waals surface area contributed by atoms with E-state index in [1.807, 2.05) is 30.3 Å². The number of carbonyl (C=O) groups is 1. The number of rotatable bonds is 7. The molecule has 0 unspecified atom stereocenters. The van der Waals surface area contributed by atoms with Crippen molar-refractivity contribution in [3.8, 4) is 16.9 Å². The summed E-state index contributed by atoms with van der Waals surface area (Å²) in [5.41, 5.74) is 6.73. The Kier molecular flexibility index (Phi) is 6.07. The summed E-state index contributed by atoms with van der Waals surface area (Å²) in [6.45, 7) is 1.03. The van der Waals surface area contributed by atoms with Crippen LogP contribution in [0.15, 0.2) is 42.5 Å². The summed E-state index contributed by atoms with van der Waals surface area (Å²) in [7, 11) is 0. The van der Waals surface area contributed by atoms with E-state index in [-0.39, 0.29) is 6.54 Å². The molecule has 0 aliphatic carbocycles. The van der Waals surface area contributed by atoms with Crippen LogP contribution in [0.3, 0.4) is 0 Å². The molecule has 0 atom stereocenters. The van der Waals surface area contributed by atoms with Gasteiger partial charge >= 0.3 is 0 Å². The first-order chi connectivity index (χ1) is 10.6. The van der Waals surface area contributed by atoms with Crippen LogP contribution in [0.5, 0.6) is 5.75 Å². The first-order valence-electron chi connectivity index (χ1n) is 6.74. The number of hydrogen-bond donors (Lipinski definition) is 2. The Bertz CT molecular complexity index is 662. The van der Waals surface area contributed by atoms with Crippen molar-refractivity contribution in [2.45, 2.75) is 0 Å². The molecule has 116 valence electrons. The molecule has 2 rings (SSSR count). The van der Waals surface area contributed by atoms with Crippen LogP contribution in [0, 0.1) is 0 Å². The number of nitrogens with one attached hydrogen (secondary N) is 1. The Hall–Kier alpha value is -1.75. The van der Waals surface area contributed by atoms with Crippen molar-refractivity contribution < 1.29 is 9.53 Å². The van der Waals surface area contributed by atoms with Crippen molar-refractivity contribution in [2.75, 3.05) is 19.7 Å². The SMILES string of the molecule is NC(=O)CNCCOc1ccc(Cl)cc1-c1ccccc1Cl. The second kappa shape index (κ2) is 8.03. The lowest BCUT2D eigenvalue weighted by Crippen LogP contribution is -2.31. The summed E-state index contributed by atoms with van der Waals surface area (Å²) >= 11 is 12.3. The molecule has 0 saturated carbocycles. The van der Waals surface area contributed by atoms with Crippen LogP contribution in [0.25, 0.3) is 11.1 Å². The molecule has 3 N–H and O–H groups in total. The first-order valence-corrected chi connectivity index (χ1v) is 7.50. The van der Waals surface area contributed by atoms with Gasteiger partial charge in [0.05, 0.1) is 6.54 Å². The standard InChI is InChI=1S/C16H16Cl2N2O2/c17-11-5-6-15(22-8-7-20-10-16(19)21)13(9-11)12-3-1-2-4-14(12)18/h1-6,9,20H,7-8,10H2,(H2,19,21). The molecule has 4 nitrogen and oxygen atoms in total. The molecular formula is C16H16Cl2N2O2. The molecule has 2 aromatic carbocycles. The van der Waals surface area contributed by atoms with E-state index in [1.54, 1.807) is 12.1 Å². The van der Waals surface area contributed by atoms with Crippen LogP contribution in [0.2, 0.25) is 10.0 Å². The van der Waals surface area contributed by atoms with Gasteiger partial charge in [-0.15, -0.1) is 0 Å². The maximum atomic E-state index is 10.6. The topological polar surface area (TPSA) is 64.4 Å². The van der Waals surface area contributed by atoms with E-state index in [0.717, 1.165) is 11.1 Å². The van der Waals surface area contributed by atoms with Crippen LogP contribution < -0.4 is 15.8 Å². The van der Waals surface area contributed by atoms with Gasteiger partial charge in [0, 0.05) is 27.7 Å². The van der Waals surface area contributed by atoms with Gasteiger partial charge in [-0.2, -0.15) is 0 Å². The van der Waals surface area contributed by atoms with Crippen molar-refractivity contribution in [3.05, 3.63) is 52.5 Å². The van der Waals surface area contributed by atoms with Gasteiger partial charge in [-0.3, -0.25) is 4.79 Å². The molecule has 6 heteroatoms. The van der Waals surface area contributed by atoms with Crippen molar-refractivity contribution in [3.63, 3.8) is 0 Å². The van der Waals surface area contributed by atoms with Crippen LogP contribution >= 0.6 is 23.2 Å². The highest BCUT2D eigenvalue weighted by Crippen LogP contribution is 2.36. The number of carbonyl (C=O) groups excluding carboxylic acids is 1. The maximum absolute atomic E-state index is 10.6. The molecule has 0 aliphatic heterocycles. The van der Waals surface area contributed by atoms with Gasteiger partial charge in [0.2, 0.25) is 5.91 Å². The molecular weight excluding hydrogens is 323 g/mol. The highest BCUT2D eigenvalue weighted by molar-refractivity contribution is 6.34. The third kappa shape index (κ3) is 4.63. The van der Waals surface area contributed by atoms with Gasteiger partial charge in [0.25, 0.3) is 0 Å². The number of hydrogen-bond acceptors (Lipinski definition) is 3. The quantitative estimate of drug-likeness (QED) is 0.762. The summed E-state index contributed by atoms with van der Waals surface area (Å²) < 4.78 is 5.75. The van der Waals surface area contributed by atoms with Crippen molar-refractivity contribution in [1.82, 2.24) is 5.32 Å². The summed E-state index contributed by atoms with van der Waals surface area (Å²) in [4.78, 5) is 10.6. The van der Waals surface area contributed by atoms with E-state index in [0.29, 0.717) is 28.9 Å². The number of ether oxygens (including phenoxy) is 1. The fourth-order valence-electron chi connectivity index (χ4n) is 1.96. The van der Waals surface area contributed by atoms with E-state index in [4.69, 9.17) is 33.7 Å². The predicted molar refractivity (Wildman–Crippen MR) is 89.5 cm³/mol. The van der Waals surface area contributed by atoms with Gasteiger partial charge in [-0.25, -0.2) is 0 Å². The Balaban J connectivity index is 2.12. The largest absolute Gasteiger partial charge is 0.492 e. The molecule has 22 heavy (non-hydrogen) atoms. The average Bonchev–Trinajstić information content (AvgIpc) is 2.48. The molecule has 0 aromatic heterocycles. The molecule has 2 aromatic rings. The molecule has 0 bridgehead atoms. The van der Waals surface area contributed by atoms with E-state index < -0.39 is 5.91 Å². The third-order valence-corrected chi connectivity index (χ3v) is 3.51. The molecule has 0 heterocycles. The van der Waals surface area contributed by atoms with Crippen molar-refractivity contribution in [1.29, 1.82) is 0 Å². The normalized spacial score (nSPS) is 10.5. The van der Waals surface area contributed by atoms with Gasteiger partial charge < -0.3 is 15.8 Å². The van der Waals surface area contributed by atoms with Gasteiger partial charge in [-0.05, 0) is 24.3 Å². The number of amides is 1. The highest BCUT2D eigenvalue weighted by Gasteiger charge is 2.10. The Morgan fingerprint density at radius 3 is 2.64 bits per heavy atom. The van der Waals surface area contributed by atoms with Crippen molar-refractivity contribution in [2.24, 2.45) is 5.73 Å². The maximum Gasteiger partial charge on any atom is 0.231 e. The first kappa shape index (κ1) is 16.6. The number of nitrogens with two attached hydrogens (primary N) is 1. The lowest BCUT2D eigenvalue weighted by molar-refractivity contribution is -0.117. The van der Waals surface area contributed by atoms with Crippen LogP contribution in [0.4, 0.5) is 0 Å². The lowest BCUT2D eigenvalue weighted by Gasteiger charge is -2.13. The summed E-state index contributed by atoms with van der Waals surface area (Å²) in [6, 6.07) is 12.9. The van der Waals surface area contributed by atoms with E-state index in [1.165, 1.54) is 0 Å². The van der Waals surface area contributed by atoms with Crippen LogP contribution in [0.1, 0.15) is 0 Å². The third-order valence-electron chi connectivity index (χ3n) is 2.94. The minimum Gasteiger partial charge on any atom is -0.492 e. The zero-order valence-corrected chi connectivity index (χ0v) is 13.3. The fraction of sp³-hybridized carbons (Fsp3) is 0.188. The van der Waals surface area contributed by atoms with E-state index in [2.05, 4.69) is 5.32 Å². The molecule has 0 radical (unpaired) electrons. The monoisotopic (exact) mass is 338 g/mol. The molecule has 0 saturated heterocycles. The smallest absolute Gasteiger partial charge is 0.231 e. The zero-order valence-electron chi connectivity index (χ0n) is 11.8. The fourth-order valence-corrected chi connectivity index (χ4v) is 2.37. The van der Waals surface area contributed by atoms with Gasteiger partial charge in [0.1, 0.15) is 12.4 Å². The average molecular weight is 339 g/mol. The summed E-state index contributed by atoms with van der Waals surface area (Å²) in [5, 5.41) is 4.12. The lowest BCUT2D eigenvalue weighted by atomic mass is 10.0. The minimum absolute atomic E-state index is 0.126. The Morgan fingerprint density at radius 1 is 1.14 bits per heavy atom. The second-order valence-corrected chi connectivity index (χ2v) is 5.46. The highest BCUT2D eigenvalue weighted by atomic mass is 35.5. The van der Waals surface area contributed by atoms with Crippen molar-refractivity contribution >= 4 is 29.1 Å². The zero-order chi connectivity index (χ0) is 15.9. The Labute approximate surface area is 139 Å². The van der Waals surface area contributed by atoms with Gasteiger partial charge in [0.15, 0.2) is 0 Å². The molecule has 0 spiro atoms. The van der Waals surface area contributed by atoms with Gasteiger partial charge in [-0.1, -0.05) is 41.4 Å².